The van der Waals surface area contributed by atoms with Gasteiger partial charge in [0.05, 0.1) is 17.8 Å². The van der Waals surface area contributed by atoms with E-state index in [1.54, 1.807) is 12.1 Å². The van der Waals surface area contributed by atoms with Crippen molar-refractivity contribution >= 4 is 34.4 Å². The van der Waals surface area contributed by atoms with Gasteiger partial charge in [-0.15, -0.1) is 0 Å². The minimum atomic E-state index is 0.441. The maximum absolute atomic E-state index is 6.40. The summed E-state index contributed by atoms with van der Waals surface area (Å²) in [6, 6.07) is 27.3. The largest absolute Gasteiger partial charge is 0.382 e. The van der Waals surface area contributed by atoms with Crippen LogP contribution in [-0.2, 0) is 13.1 Å². The summed E-state index contributed by atoms with van der Waals surface area (Å²) in [6.45, 7) is 1.47. The molecule has 0 aliphatic heterocycles. The summed E-state index contributed by atoms with van der Waals surface area (Å²) in [5, 5.41) is 10.5. The number of nitrogens with one attached hydrogen (secondary N) is 1. The lowest BCUT2D eigenvalue weighted by Gasteiger charge is -2.10. The van der Waals surface area contributed by atoms with E-state index < -0.39 is 0 Å². The van der Waals surface area contributed by atoms with Crippen LogP contribution in [0.15, 0.2) is 91.4 Å². The van der Waals surface area contributed by atoms with Crippen LogP contribution in [0.5, 0.6) is 0 Å². The second kappa shape index (κ2) is 10.3. The van der Waals surface area contributed by atoms with Crippen molar-refractivity contribution in [1.82, 2.24) is 33.4 Å². The zero-order chi connectivity index (χ0) is 26.1. The van der Waals surface area contributed by atoms with E-state index in [0.29, 0.717) is 5.82 Å². The van der Waals surface area contributed by atoms with Gasteiger partial charge in [0.2, 0.25) is 0 Å². The lowest BCUT2D eigenvalue weighted by atomic mass is 10.0. The second-order valence-electron chi connectivity index (χ2n) is 9.36. The van der Waals surface area contributed by atoms with Gasteiger partial charge in [-0.25, -0.2) is 18.5 Å². The molecule has 6 aromatic rings. The van der Waals surface area contributed by atoms with E-state index in [0.717, 1.165) is 51.9 Å². The van der Waals surface area contributed by atoms with Gasteiger partial charge in [-0.1, -0.05) is 60.7 Å². The number of benzene rings is 3. The van der Waals surface area contributed by atoms with Crippen LogP contribution in [0.4, 0.5) is 5.82 Å². The van der Waals surface area contributed by atoms with Gasteiger partial charge in [-0.3, -0.25) is 4.68 Å². The monoisotopic (exact) mass is 520 g/mol. The molecule has 0 radical (unpaired) electrons. The minimum Gasteiger partial charge on any atom is -0.382 e. The fourth-order valence-electron chi connectivity index (χ4n) is 4.67. The molecule has 3 aromatic heterocycles. The van der Waals surface area contributed by atoms with Crippen LogP contribution in [-0.4, -0.2) is 42.8 Å². The van der Waals surface area contributed by atoms with Crippen molar-refractivity contribution in [3.05, 3.63) is 103 Å². The molecule has 0 spiro atoms. The standard InChI is InChI=1S/C29H28N8S/c1-35(2)38-33-16-21-9-6-10-23(13-21)27-15-25(28-29(30)31-19-32-37(27)28)22-11-12-24-18-36(34-26(24)14-22)17-20-7-4-3-5-8-20/h3-15,18-19,33H,16-17H2,1-2H3,(H2,30,31,32). The Morgan fingerprint density at radius 3 is 2.61 bits per heavy atom. The van der Waals surface area contributed by atoms with Crippen LogP contribution in [0.3, 0.4) is 0 Å². The first kappa shape index (κ1) is 24.2. The second-order valence-corrected chi connectivity index (χ2v) is 10.6. The molecule has 6 rings (SSSR count). The van der Waals surface area contributed by atoms with Crippen molar-refractivity contribution in [2.45, 2.75) is 13.1 Å². The Labute approximate surface area is 225 Å². The van der Waals surface area contributed by atoms with Gasteiger partial charge in [0.15, 0.2) is 5.82 Å². The molecular formula is C29H28N8S. The average molecular weight is 521 g/mol. The predicted molar refractivity (Wildman–Crippen MR) is 155 cm³/mol. The summed E-state index contributed by atoms with van der Waals surface area (Å²) < 4.78 is 9.27. The first-order valence-electron chi connectivity index (χ1n) is 12.4. The summed E-state index contributed by atoms with van der Waals surface area (Å²) in [7, 11) is 4.02. The molecule has 0 fully saturated rings. The molecule has 8 nitrogen and oxygen atoms in total. The lowest BCUT2D eigenvalue weighted by molar-refractivity contribution is 0.690. The number of nitrogens with two attached hydrogens (primary N) is 1. The van der Waals surface area contributed by atoms with Crippen molar-refractivity contribution in [1.29, 1.82) is 0 Å². The molecule has 0 amide bonds. The SMILES string of the molecule is CN(C)SNCc1cccc(-c2cc(-c3ccc4cn(Cc5ccccc5)nc4c3)c3c(N)ncnn23)c1. The smallest absolute Gasteiger partial charge is 0.152 e. The quantitative estimate of drug-likeness (QED) is 0.265. The van der Waals surface area contributed by atoms with E-state index in [9.17, 15) is 0 Å². The fraction of sp³-hybridized carbons (Fsp3) is 0.138. The maximum atomic E-state index is 6.40. The summed E-state index contributed by atoms with van der Waals surface area (Å²) in [5.74, 6) is 0.441. The molecule has 0 saturated heterocycles. The minimum absolute atomic E-state index is 0.441. The highest BCUT2D eigenvalue weighted by Gasteiger charge is 2.17. The van der Waals surface area contributed by atoms with Crippen LogP contribution in [0, 0.1) is 0 Å². The van der Waals surface area contributed by atoms with E-state index >= 15 is 0 Å². The summed E-state index contributed by atoms with van der Waals surface area (Å²) >= 11 is 1.57. The first-order valence-corrected chi connectivity index (χ1v) is 13.1. The number of rotatable bonds is 8. The van der Waals surface area contributed by atoms with E-state index in [1.165, 1.54) is 17.5 Å². The van der Waals surface area contributed by atoms with Gasteiger partial charge in [0.25, 0.3) is 0 Å². The van der Waals surface area contributed by atoms with E-state index in [2.05, 4.69) is 81.7 Å². The van der Waals surface area contributed by atoms with Crippen LogP contribution < -0.4 is 10.5 Å². The molecule has 38 heavy (non-hydrogen) atoms. The Balaban J connectivity index is 1.39. The van der Waals surface area contributed by atoms with Crippen molar-refractivity contribution in [2.24, 2.45) is 0 Å². The van der Waals surface area contributed by atoms with Gasteiger partial charge in [-0.05, 0) is 49.0 Å². The summed E-state index contributed by atoms with van der Waals surface area (Å²) in [5.41, 5.74) is 14.5. The number of hydrogen-bond donors (Lipinski definition) is 2. The predicted octanol–water partition coefficient (Wildman–Crippen LogP) is 5.26. The molecule has 3 heterocycles. The zero-order valence-corrected chi connectivity index (χ0v) is 22.1. The Kier molecular flexibility index (Phi) is 6.55. The topological polar surface area (TPSA) is 89.3 Å². The molecule has 0 aliphatic rings. The van der Waals surface area contributed by atoms with Gasteiger partial charge >= 0.3 is 0 Å². The van der Waals surface area contributed by atoms with E-state index in [4.69, 9.17) is 10.8 Å². The van der Waals surface area contributed by atoms with Crippen molar-refractivity contribution in [3.63, 3.8) is 0 Å². The highest BCUT2D eigenvalue weighted by Crippen LogP contribution is 2.36. The number of aromatic nitrogens is 5. The van der Waals surface area contributed by atoms with Crippen LogP contribution in [0.25, 0.3) is 38.8 Å². The van der Waals surface area contributed by atoms with Crippen LogP contribution >= 0.6 is 12.1 Å². The Hall–Kier alpha value is -4.18. The molecule has 190 valence electrons. The molecule has 0 atom stereocenters. The maximum Gasteiger partial charge on any atom is 0.152 e. The van der Waals surface area contributed by atoms with Gasteiger partial charge in [0, 0.05) is 41.4 Å². The third kappa shape index (κ3) is 4.87. The van der Waals surface area contributed by atoms with E-state index in [1.807, 2.05) is 45.8 Å². The molecule has 0 bridgehead atoms. The Morgan fingerprint density at radius 2 is 1.76 bits per heavy atom. The van der Waals surface area contributed by atoms with Crippen molar-refractivity contribution in [3.8, 4) is 22.4 Å². The van der Waals surface area contributed by atoms with Crippen molar-refractivity contribution in [2.75, 3.05) is 19.8 Å². The average Bonchev–Trinajstić information content (AvgIpc) is 3.51. The third-order valence-electron chi connectivity index (χ3n) is 6.38. The van der Waals surface area contributed by atoms with E-state index in [-0.39, 0.29) is 0 Å². The normalized spacial score (nSPS) is 11.7. The number of anilines is 1. The molecular weight excluding hydrogens is 492 g/mol. The number of fused-ring (bicyclic) bond motifs is 2. The number of nitrogens with zero attached hydrogens (tertiary/aromatic N) is 6. The molecule has 0 unspecified atom stereocenters. The Bertz CT molecular complexity index is 1720. The molecule has 0 saturated carbocycles. The Morgan fingerprint density at radius 1 is 0.921 bits per heavy atom. The molecule has 3 N–H and O–H groups in total. The third-order valence-corrected chi connectivity index (χ3v) is 7.02. The van der Waals surface area contributed by atoms with Crippen molar-refractivity contribution < 1.29 is 0 Å². The van der Waals surface area contributed by atoms with Gasteiger partial charge < -0.3 is 5.73 Å². The van der Waals surface area contributed by atoms with Crippen LogP contribution in [0.1, 0.15) is 11.1 Å². The first-order chi connectivity index (χ1) is 18.5. The highest BCUT2D eigenvalue weighted by atomic mass is 32.2. The van der Waals surface area contributed by atoms with Gasteiger partial charge in [-0.2, -0.15) is 10.2 Å². The summed E-state index contributed by atoms with van der Waals surface area (Å²) in [4.78, 5) is 4.30. The molecule has 0 aliphatic carbocycles. The zero-order valence-electron chi connectivity index (χ0n) is 21.2. The summed E-state index contributed by atoms with van der Waals surface area (Å²) in [6.07, 6.45) is 3.59. The number of hydrogen-bond acceptors (Lipinski definition) is 7. The highest BCUT2D eigenvalue weighted by molar-refractivity contribution is 7.95. The fourth-order valence-corrected chi connectivity index (χ4v) is 5.15. The lowest BCUT2D eigenvalue weighted by Crippen LogP contribution is -2.12. The molecule has 9 heteroatoms. The van der Waals surface area contributed by atoms with Crippen LogP contribution in [0.2, 0.25) is 0 Å². The molecule has 3 aromatic carbocycles. The number of nitrogen functional groups attached to an aromatic ring is 1. The van der Waals surface area contributed by atoms with Gasteiger partial charge in [0.1, 0.15) is 11.8 Å².